The molecule has 23 heavy (non-hydrogen) atoms. The van der Waals surface area contributed by atoms with Crippen LogP contribution in [0.25, 0.3) is 0 Å². The van der Waals surface area contributed by atoms with Crippen molar-refractivity contribution >= 4 is 11.8 Å². The molecule has 0 aromatic heterocycles. The molecule has 1 aliphatic rings. The summed E-state index contributed by atoms with van der Waals surface area (Å²) in [4.78, 5) is 25.7. The summed E-state index contributed by atoms with van der Waals surface area (Å²) in [6, 6.07) is 8.05. The van der Waals surface area contributed by atoms with Crippen LogP contribution in [-0.4, -0.2) is 43.0 Å². The Morgan fingerprint density at radius 3 is 2.61 bits per heavy atom. The normalized spacial score (nSPS) is 15.2. The van der Waals surface area contributed by atoms with Crippen molar-refractivity contribution < 1.29 is 14.3 Å². The van der Waals surface area contributed by atoms with Crippen molar-refractivity contribution in [3.8, 4) is 0 Å². The van der Waals surface area contributed by atoms with Crippen LogP contribution in [0.15, 0.2) is 24.3 Å². The molecule has 0 aliphatic carbocycles. The molecule has 1 N–H and O–H groups in total. The number of ether oxygens (including phenoxy) is 1. The second-order valence-corrected chi connectivity index (χ2v) is 6.04. The standard InChI is InChI=1S/C18H26N2O3/c1-14-5-3-4-6-17(14)13-20(15(2)21)10-9-19-18(22)16-7-11-23-12-8-16/h3-6,16H,7-13H2,1-2H3,(H,19,22). The molecule has 2 rings (SSSR count). The van der Waals surface area contributed by atoms with Crippen LogP contribution in [0.5, 0.6) is 0 Å². The van der Waals surface area contributed by atoms with Crippen LogP contribution in [-0.2, 0) is 20.9 Å². The summed E-state index contributed by atoms with van der Waals surface area (Å²) in [6.07, 6.45) is 1.57. The molecule has 1 heterocycles. The van der Waals surface area contributed by atoms with Gasteiger partial charge in [0.15, 0.2) is 0 Å². The second kappa shape index (κ2) is 8.67. The van der Waals surface area contributed by atoms with E-state index in [4.69, 9.17) is 4.74 Å². The first-order chi connectivity index (χ1) is 11.1. The summed E-state index contributed by atoms with van der Waals surface area (Å²) in [5, 5.41) is 2.95. The second-order valence-electron chi connectivity index (χ2n) is 6.04. The van der Waals surface area contributed by atoms with Gasteiger partial charge >= 0.3 is 0 Å². The number of aryl methyl sites for hydroxylation is 1. The topological polar surface area (TPSA) is 58.6 Å². The highest BCUT2D eigenvalue weighted by Gasteiger charge is 2.21. The fourth-order valence-corrected chi connectivity index (χ4v) is 2.76. The van der Waals surface area contributed by atoms with Gasteiger partial charge in [0, 0.05) is 45.7 Å². The largest absolute Gasteiger partial charge is 0.381 e. The van der Waals surface area contributed by atoms with Gasteiger partial charge in [-0.25, -0.2) is 0 Å². The minimum absolute atomic E-state index is 0.0218. The zero-order valence-corrected chi connectivity index (χ0v) is 14.0. The summed E-state index contributed by atoms with van der Waals surface area (Å²) in [7, 11) is 0. The average molecular weight is 318 g/mol. The van der Waals surface area contributed by atoms with E-state index < -0.39 is 0 Å². The number of hydrogen-bond acceptors (Lipinski definition) is 3. The van der Waals surface area contributed by atoms with Crippen molar-refractivity contribution in [2.75, 3.05) is 26.3 Å². The van der Waals surface area contributed by atoms with E-state index >= 15 is 0 Å². The fraction of sp³-hybridized carbons (Fsp3) is 0.556. The van der Waals surface area contributed by atoms with Crippen molar-refractivity contribution in [3.63, 3.8) is 0 Å². The monoisotopic (exact) mass is 318 g/mol. The molecular weight excluding hydrogens is 292 g/mol. The Kier molecular flexibility index (Phi) is 6.59. The van der Waals surface area contributed by atoms with Crippen molar-refractivity contribution in [1.82, 2.24) is 10.2 Å². The van der Waals surface area contributed by atoms with Crippen molar-refractivity contribution in [3.05, 3.63) is 35.4 Å². The number of carbonyl (C=O) groups is 2. The van der Waals surface area contributed by atoms with Gasteiger partial charge in [0.1, 0.15) is 0 Å². The van der Waals surface area contributed by atoms with E-state index in [2.05, 4.69) is 5.32 Å². The maximum atomic E-state index is 12.1. The summed E-state index contributed by atoms with van der Waals surface area (Å²) in [6.45, 7) is 6.52. The van der Waals surface area contributed by atoms with Gasteiger partial charge in [0.05, 0.1) is 0 Å². The lowest BCUT2D eigenvalue weighted by molar-refractivity contribution is -0.131. The molecule has 2 amide bonds. The number of hydrogen-bond donors (Lipinski definition) is 1. The van der Waals surface area contributed by atoms with Crippen molar-refractivity contribution in [2.45, 2.75) is 33.2 Å². The Morgan fingerprint density at radius 2 is 1.96 bits per heavy atom. The van der Waals surface area contributed by atoms with Gasteiger partial charge in [-0.1, -0.05) is 24.3 Å². The molecule has 1 aromatic carbocycles. The number of nitrogens with one attached hydrogen (secondary N) is 1. The molecule has 0 bridgehead atoms. The zero-order valence-electron chi connectivity index (χ0n) is 14.0. The molecule has 1 fully saturated rings. The van der Waals surface area contributed by atoms with Crippen LogP contribution in [0.4, 0.5) is 0 Å². The quantitative estimate of drug-likeness (QED) is 0.871. The van der Waals surface area contributed by atoms with Gasteiger partial charge in [-0.15, -0.1) is 0 Å². The molecular formula is C18H26N2O3. The predicted molar refractivity (Wildman–Crippen MR) is 88.8 cm³/mol. The van der Waals surface area contributed by atoms with Crippen LogP contribution in [0, 0.1) is 12.8 Å². The fourth-order valence-electron chi connectivity index (χ4n) is 2.76. The Labute approximate surface area is 138 Å². The first-order valence-corrected chi connectivity index (χ1v) is 8.23. The van der Waals surface area contributed by atoms with Crippen LogP contribution in [0.3, 0.4) is 0 Å². The van der Waals surface area contributed by atoms with Gasteiger partial charge in [-0.05, 0) is 30.9 Å². The first-order valence-electron chi connectivity index (χ1n) is 8.23. The van der Waals surface area contributed by atoms with Crippen LogP contribution >= 0.6 is 0 Å². The lowest BCUT2D eigenvalue weighted by Gasteiger charge is -2.24. The SMILES string of the molecule is CC(=O)N(CCNC(=O)C1CCOCC1)Cc1ccccc1C. The molecule has 0 spiro atoms. The Bertz CT molecular complexity index is 539. The third-order valence-corrected chi connectivity index (χ3v) is 4.34. The zero-order chi connectivity index (χ0) is 16.7. The molecule has 5 heteroatoms. The average Bonchev–Trinajstić information content (AvgIpc) is 2.56. The highest BCUT2D eigenvalue weighted by molar-refractivity contribution is 5.78. The van der Waals surface area contributed by atoms with Crippen molar-refractivity contribution in [2.24, 2.45) is 5.92 Å². The van der Waals surface area contributed by atoms with E-state index in [0.717, 1.165) is 18.4 Å². The maximum absolute atomic E-state index is 12.1. The molecule has 0 unspecified atom stereocenters. The smallest absolute Gasteiger partial charge is 0.223 e. The molecule has 5 nitrogen and oxygen atoms in total. The lowest BCUT2D eigenvalue weighted by atomic mass is 9.99. The predicted octanol–water partition coefficient (Wildman–Crippen LogP) is 1.89. The molecule has 126 valence electrons. The molecule has 0 radical (unpaired) electrons. The number of nitrogens with zero attached hydrogens (tertiary/aromatic N) is 1. The Morgan fingerprint density at radius 1 is 1.26 bits per heavy atom. The minimum atomic E-state index is 0.0218. The van der Waals surface area contributed by atoms with Gasteiger partial charge < -0.3 is 15.0 Å². The molecule has 1 aromatic rings. The van der Waals surface area contributed by atoms with E-state index in [1.54, 1.807) is 11.8 Å². The van der Waals surface area contributed by atoms with E-state index in [-0.39, 0.29) is 17.7 Å². The summed E-state index contributed by atoms with van der Waals surface area (Å²) >= 11 is 0. The Balaban J connectivity index is 1.82. The van der Waals surface area contributed by atoms with Crippen LogP contribution in [0.1, 0.15) is 30.9 Å². The van der Waals surface area contributed by atoms with Crippen molar-refractivity contribution in [1.29, 1.82) is 0 Å². The van der Waals surface area contributed by atoms with Crippen LogP contribution in [0.2, 0.25) is 0 Å². The third kappa shape index (κ3) is 5.36. The first kappa shape index (κ1) is 17.5. The van der Waals surface area contributed by atoms with E-state index in [1.807, 2.05) is 31.2 Å². The highest BCUT2D eigenvalue weighted by atomic mass is 16.5. The molecule has 0 atom stereocenters. The van der Waals surface area contributed by atoms with Crippen LogP contribution < -0.4 is 5.32 Å². The van der Waals surface area contributed by atoms with Gasteiger partial charge in [-0.3, -0.25) is 9.59 Å². The summed E-state index contributed by atoms with van der Waals surface area (Å²) in [5.41, 5.74) is 2.31. The number of benzene rings is 1. The summed E-state index contributed by atoms with van der Waals surface area (Å²) < 4.78 is 5.27. The summed E-state index contributed by atoms with van der Waals surface area (Å²) in [5.74, 6) is 0.146. The van der Waals surface area contributed by atoms with Gasteiger partial charge in [-0.2, -0.15) is 0 Å². The minimum Gasteiger partial charge on any atom is -0.381 e. The lowest BCUT2D eigenvalue weighted by Crippen LogP contribution is -2.40. The van der Waals surface area contributed by atoms with E-state index in [0.29, 0.717) is 32.8 Å². The Hall–Kier alpha value is -1.88. The van der Waals surface area contributed by atoms with Gasteiger partial charge in [0.25, 0.3) is 0 Å². The highest BCUT2D eigenvalue weighted by Crippen LogP contribution is 2.14. The van der Waals surface area contributed by atoms with Gasteiger partial charge in [0.2, 0.25) is 11.8 Å². The molecule has 0 saturated carbocycles. The maximum Gasteiger partial charge on any atom is 0.223 e. The number of amides is 2. The van der Waals surface area contributed by atoms with E-state index in [9.17, 15) is 9.59 Å². The van der Waals surface area contributed by atoms with E-state index in [1.165, 1.54) is 5.56 Å². The number of rotatable bonds is 6. The molecule has 1 saturated heterocycles. The number of carbonyl (C=O) groups excluding carboxylic acids is 2. The molecule has 1 aliphatic heterocycles. The third-order valence-electron chi connectivity index (χ3n) is 4.34.